The summed E-state index contributed by atoms with van der Waals surface area (Å²) < 4.78 is 5.41. The van der Waals surface area contributed by atoms with E-state index in [9.17, 15) is 10.1 Å². The van der Waals surface area contributed by atoms with Crippen molar-refractivity contribution in [3.8, 4) is 18.1 Å². The lowest BCUT2D eigenvalue weighted by Gasteiger charge is -2.10. The molecule has 1 aromatic rings. The molecule has 1 aromatic carbocycles. The summed E-state index contributed by atoms with van der Waals surface area (Å²) in [6.45, 7) is 3.73. The third-order valence-electron chi connectivity index (χ3n) is 1.69. The summed E-state index contributed by atoms with van der Waals surface area (Å²) in [4.78, 5) is 10.0. The predicted octanol–water partition coefficient (Wildman–Crippen LogP) is 2.36. The molecule has 0 saturated carbocycles. The molecule has 0 aliphatic heterocycles. The minimum Gasteiger partial charge on any atom is -0.490 e. The van der Waals surface area contributed by atoms with Gasteiger partial charge in [0.1, 0.15) is 5.75 Å². The van der Waals surface area contributed by atoms with Crippen molar-refractivity contribution >= 4 is 5.69 Å². The molecule has 0 radical (unpaired) electrons. The number of rotatable bonds is 3. The second-order valence-electron chi connectivity index (χ2n) is 3.25. The normalized spacial score (nSPS) is 9.73. The maximum atomic E-state index is 10.5. The van der Waals surface area contributed by atoms with Crippen LogP contribution in [0, 0.1) is 22.5 Å². The van der Waals surface area contributed by atoms with Gasteiger partial charge in [0.2, 0.25) is 0 Å². The van der Waals surface area contributed by atoms with Gasteiger partial charge < -0.3 is 4.74 Å². The van der Waals surface area contributed by atoms with E-state index >= 15 is 0 Å². The molecule has 0 amide bonds. The van der Waals surface area contributed by atoms with Crippen molar-refractivity contribution in [2.24, 2.45) is 0 Å². The highest BCUT2D eigenvalue weighted by atomic mass is 16.6. The number of ether oxygens (including phenoxy) is 1. The molecule has 0 atom stereocenters. The molecule has 0 heterocycles. The van der Waals surface area contributed by atoms with Gasteiger partial charge in [-0.1, -0.05) is 5.92 Å². The molecule has 4 heteroatoms. The molecule has 0 saturated heterocycles. The largest absolute Gasteiger partial charge is 0.490 e. The summed E-state index contributed by atoms with van der Waals surface area (Å²) in [5.41, 5.74) is 0.372. The lowest BCUT2D eigenvalue weighted by atomic mass is 10.2. The fourth-order valence-electron chi connectivity index (χ4n) is 1.10. The third-order valence-corrected chi connectivity index (χ3v) is 1.69. The number of benzene rings is 1. The average molecular weight is 205 g/mol. The van der Waals surface area contributed by atoms with Crippen LogP contribution in [-0.4, -0.2) is 11.0 Å². The molecule has 0 aliphatic rings. The van der Waals surface area contributed by atoms with Crippen LogP contribution in [0.4, 0.5) is 5.69 Å². The molecule has 1 rings (SSSR count). The molecule has 0 N–H and O–H groups in total. The van der Waals surface area contributed by atoms with Crippen molar-refractivity contribution in [3.05, 3.63) is 33.9 Å². The molecule has 0 aliphatic carbocycles. The second-order valence-corrected chi connectivity index (χ2v) is 3.25. The van der Waals surface area contributed by atoms with Crippen LogP contribution in [0.5, 0.6) is 5.75 Å². The van der Waals surface area contributed by atoms with Crippen molar-refractivity contribution in [1.82, 2.24) is 0 Å². The zero-order valence-corrected chi connectivity index (χ0v) is 8.56. The van der Waals surface area contributed by atoms with Crippen LogP contribution in [-0.2, 0) is 0 Å². The monoisotopic (exact) mass is 205 g/mol. The lowest BCUT2D eigenvalue weighted by Crippen LogP contribution is -2.06. The molecule has 0 bridgehead atoms. The Kier molecular flexibility index (Phi) is 3.29. The molecule has 0 aromatic heterocycles. The highest BCUT2D eigenvalue weighted by Gasteiger charge is 2.10. The van der Waals surface area contributed by atoms with Crippen molar-refractivity contribution in [2.45, 2.75) is 20.0 Å². The van der Waals surface area contributed by atoms with Crippen molar-refractivity contribution in [1.29, 1.82) is 0 Å². The van der Waals surface area contributed by atoms with Crippen molar-refractivity contribution in [3.63, 3.8) is 0 Å². The van der Waals surface area contributed by atoms with Gasteiger partial charge >= 0.3 is 0 Å². The van der Waals surface area contributed by atoms with Gasteiger partial charge in [-0.3, -0.25) is 10.1 Å². The summed E-state index contributed by atoms with van der Waals surface area (Å²) in [6.07, 6.45) is 5.23. The third kappa shape index (κ3) is 2.71. The first-order chi connectivity index (χ1) is 7.04. The highest BCUT2D eigenvalue weighted by molar-refractivity contribution is 5.51. The fourth-order valence-corrected chi connectivity index (χ4v) is 1.10. The quantitative estimate of drug-likeness (QED) is 0.432. The Hall–Kier alpha value is -2.02. The molecule has 78 valence electrons. The molecule has 0 unspecified atom stereocenters. The van der Waals surface area contributed by atoms with Gasteiger partial charge in [0.25, 0.3) is 5.69 Å². The first-order valence-corrected chi connectivity index (χ1v) is 4.46. The van der Waals surface area contributed by atoms with E-state index in [1.807, 2.05) is 13.8 Å². The zero-order valence-electron chi connectivity index (χ0n) is 8.56. The van der Waals surface area contributed by atoms with E-state index in [1.54, 1.807) is 0 Å². The van der Waals surface area contributed by atoms with Crippen LogP contribution in [0.15, 0.2) is 18.2 Å². The summed E-state index contributed by atoms with van der Waals surface area (Å²) in [6, 6.07) is 4.23. The Balaban J connectivity index is 3.11. The summed E-state index contributed by atoms with van der Waals surface area (Å²) >= 11 is 0. The average Bonchev–Trinajstić information content (AvgIpc) is 2.17. The topological polar surface area (TPSA) is 52.4 Å². The van der Waals surface area contributed by atoms with Crippen LogP contribution in [0.3, 0.4) is 0 Å². The van der Waals surface area contributed by atoms with E-state index in [0.717, 1.165) is 0 Å². The van der Waals surface area contributed by atoms with Crippen LogP contribution < -0.4 is 4.74 Å². The number of nitro groups is 1. The van der Waals surface area contributed by atoms with Gasteiger partial charge in [0.15, 0.2) is 0 Å². The van der Waals surface area contributed by atoms with Crippen molar-refractivity contribution < 1.29 is 9.66 Å². The Morgan fingerprint density at radius 1 is 1.53 bits per heavy atom. The first kappa shape index (κ1) is 11.1. The van der Waals surface area contributed by atoms with E-state index < -0.39 is 4.92 Å². The van der Waals surface area contributed by atoms with E-state index in [2.05, 4.69) is 5.92 Å². The number of hydrogen-bond donors (Lipinski definition) is 0. The van der Waals surface area contributed by atoms with Crippen LogP contribution >= 0.6 is 0 Å². The lowest BCUT2D eigenvalue weighted by molar-refractivity contribution is -0.384. The van der Waals surface area contributed by atoms with Crippen molar-refractivity contribution in [2.75, 3.05) is 0 Å². The van der Waals surface area contributed by atoms with Crippen LogP contribution in [0.25, 0.3) is 0 Å². The second kappa shape index (κ2) is 4.47. The number of nitrogens with zero attached hydrogens (tertiary/aromatic N) is 1. The van der Waals surface area contributed by atoms with Gasteiger partial charge in [-0.15, -0.1) is 6.42 Å². The smallest absolute Gasteiger partial charge is 0.270 e. The Bertz CT molecular complexity index is 418. The highest BCUT2D eigenvalue weighted by Crippen LogP contribution is 2.24. The molecular formula is C11H11NO3. The predicted molar refractivity (Wildman–Crippen MR) is 56.8 cm³/mol. The van der Waals surface area contributed by atoms with E-state index in [4.69, 9.17) is 11.2 Å². The van der Waals surface area contributed by atoms with Gasteiger partial charge in [-0.25, -0.2) is 0 Å². The maximum Gasteiger partial charge on any atom is 0.270 e. The standard InChI is InChI=1S/C11H11NO3/c1-4-9-7-10(12(13)14)5-6-11(9)15-8(2)3/h1,5-8H,2-3H3. The van der Waals surface area contributed by atoms with Crippen LogP contribution in [0.1, 0.15) is 19.4 Å². The van der Waals surface area contributed by atoms with Gasteiger partial charge in [-0.2, -0.15) is 0 Å². The molecule has 0 fully saturated rings. The zero-order chi connectivity index (χ0) is 11.4. The Morgan fingerprint density at radius 3 is 2.67 bits per heavy atom. The number of hydrogen-bond acceptors (Lipinski definition) is 3. The molecule has 15 heavy (non-hydrogen) atoms. The van der Waals surface area contributed by atoms with E-state index in [0.29, 0.717) is 11.3 Å². The maximum absolute atomic E-state index is 10.5. The van der Waals surface area contributed by atoms with Gasteiger partial charge in [-0.05, 0) is 19.9 Å². The Labute approximate surface area is 88.0 Å². The van der Waals surface area contributed by atoms with Gasteiger partial charge in [0, 0.05) is 12.1 Å². The Morgan fingerprint density at radius 2 is 2.20 bits per heavy atom. The van der Waals surface area contributed by atoms with E-state index in [-0.39, 0.29) is 11.8 Å². The van der Waals surface area contributed by atoms with Crippen LogP contribution in [0.2, 0.25) is 0 Å². The minimum atomic E-state index is -0.486. The minimum absolute atomic E-state index is 0.0152. The first-order valence-electron chi connectivity index (χ1n) is 4.46. The summed E-state index contributed by atoms with van der Waals surface area (Å²) in [7, 11) is 0. The molecular weight excluding hydrogens is 194 g/mol. The summed E-state index contributed by atoms with van der Waals surface area (Å²) in [5.74, 6) is 2.87. The molecule has 0 spiro atoms. The number of non-ortho nitro benzene ring substituents is 1. The van der Waals surface area contributed by atoms with Gasteiger partial charge in [0.05, 0.1) is 16.6 Å². The fraction of sp³-hybridized carbons (Fsp3) is 0.273. The number of nitro benzene ring substituents is 1. The molecule has 4 nitrogen and oxygen atoms in total. The van der Waals surface area contributed by atoms with E-state index in [1.165, 1.54) is 18.2 Å². The number of terminal acetylenes is 1. The SMILES string of the molecule is C#Cc1cc([N+](=O)[O-])ccc1OC(C)C. The summed E-state index contributed by atoms with van der Waals surface area (Å²) in [5, 5.41) is 10.5.